The van der Waals surface area contributed by atoms with Gasteiger partial charge >= 0.3 is 0 Å². The number of hydrogen-bond acceptors (Lipinski definition) is 3. The number of hydrogen-bond donors (Lipinski definition) is 0. The van der Waals surface area contributed by atoms with Crippen LogP contribution in [0.15, 0.2) is 27.6 Å². The molecule has 0 unspecified atom stereocenters. The fraction of sp³-hybridized carbons (Fsp3) is 0.783. The molecule has 1 aromatic heterocycles. The van der Waals surface area contributed by atoms with Crippen molar-refractivity contribution in [2.45, 2.75) is 104 Å². The van der Waals surface area contributed by atoms with E-state index in [1.807, 2.05) is 0 Å². The molecule has 0 atom stereocenters. The smallest absolute Gasteiger partial charge is 0.288 e. The van der Waals surface area contributed by atoms with Crippen molar-refractivity contribution in [2.24, 2.45) is 5.92 Å². The first-order valence-electron chi connectivity index (χ1n) is 11.0. The molecule has 0 saturated carbocycles. The van der Waals surface area contributed by atoms with Gasteiger partial charge in [0.05, 0.1) is 18.9 Å². The van der Waals surface area contributed by atoms with Crippen LogP contribution in [0.3, 0.4) is 0 Å². The molecule has 0 fully saturated rings. The van der Waals surface area contributed by atoms with Crippen molar-refractivity contribution in [1.82, 2.24) is 0 Å². The lowest BCUT2D eigenvalue weighted by atomic mass is 9.95. The number of ether oxygens (including phenoxy) is 1. The number of unbranched alkanes of at least 4 members (excludes halogenated alkanes) is 10. The maximum atomic E-state index is 11.4. The zero-order chi connectivity index (χ0) is 18.9. The first kappa shape index (κ1) is 22.8. The predicted molar refractivity (Wildman–Crippen MR) is 110 cm³/mol. The minimum absolute atomic E-state index is 0.0605. The first-order valence-corrected chi connectivity index (χ1v) is 11.0. The van der Waals surface area contributed by atoms with Gasteiger partial charge < -0.3 is 9.15 Å². The average Bonchev–Trinajstić information content (AvgIpc) is 2.64. The molecule has 3 nitrogen and oxygen atoms in total. The summed E-state index contributed by atoms with van der Waals surface area (Å²) in [6, 6.07) is 2.85. The van der Waals surface area contributed by atoms with Crippen LogP contribution in [-0.2, 0) is 0 Å². The van der Waals surface area contributed by atoms with Crippen LogP contribution < -0.4 is 10.2 Å². The molecule has 0 bridgehead atoms. The Morgan fingerprint density at radius 2 is 1.38 bits per heavy atom. The summed E-state index contributed by atoms with van der Waals surface area (Å²) >= 11 is 0. The van der Waals surface area contributed by atoms with Gasteiger partial charge in [0, 0.05) is 6.07 Å². The van der Waals surface area contributed by atoms with E-state index in [9.17, 15) is 4.79 Å². The molecule has 0 aliphatic heterocycles. The third-order valence-electron chi connectivity index (χ3n) is 5.07. The summed E-state index contributed by atoms with van der Waals surface area (Å²) in [5, 5.41) is 0. The Morgan fingerprint density at radius 1 is 0.846 bits per heavy atom. The SMILES string of the molecule is CCCCCCCCC(CCCCCCCC)COc1cc(=O)cco1. The van der Waals surface area contributed by atoms with Crippen LogP contribution in [0.1, 0.15) is 104 Å². The Morgan fingerprint density at radius 3 is 1.92 bits per heavy atom. The molecule has 1 heterocycles. The van der Waals surface area contributed by atoms with Crippen molar-refractivity contribution in [2.75, 3.05) is 6.61 Å². The van der Waals surface area contributed by atoms with Gasteiger partial charge in [-0.1, -0.05) is 90.9 Å². The lowest BCUT2D eigenvalue weighted by Crippen LogP contribution is -2.13. The average molecular weight is 365 g/mol. The van der Waals surface area contributed by atoms with Crippen LogP contribution in [0.4, 0.5) is 0 Å². The topological polar surface area (TPSA) is 39.4 Å². The zero-order valence-electron chi connectivity index (χ0n) is 17.1. The van der Waals surface area contributed by atoms with E-state index in [1.54, 1.807) is 0 Å². The van der Waals surface area contributed by atoms with Crippen molar-refractivity contribution in [1.29, 1.82) is 0 Å². The Balaban J connectivity index is 2.30. The van der Waals surface area contributed by atoms with Gasteiger partial charge in [0.25, 0.3) is 5.95 Å². The maximum absolute atomic E-state index is 11.4. The van der Waals surface area contributed by atoms with Crippen molar-refractivity contribution in [3.8, 4) is 5.95 Å². The molecule has 0 aromatic carbocycles. The van der Waals surface area contributed by atoms with E-state index in [-0.39, 0.29) is 5.43 Å². The molecular weight excluding hydrogens is 324 g/mol. The Bertz CT molecular complexity index is 464. The van der Waals surface area contributed by atoms with Crippen molar-refractivity contribution in [3.05, 3.63) is 28.6 Å². The lowest BCUT2D eigenvalue weighted by Gasteiger charge is -2.17. The molecular formula is C23H40O3. The van der Waals surface area contributed by atoms with Crippen LogP contribution in [0.5, 0.6) is 5.95 Å². The monoisotopic (exact) mass is 364 g/mol. The third-order valence-corrected chi connectivity index (χ3v) is 5.07. The van der Waals surface area contributed by atoms with E-state index in [1.165, 1.54) is 108 Å². The van der Waals surface area contributed by atoms with Crippen LogP contribution in [-0.4, -0.2) is 6.61 Å². The highest BCUT2D eigenvalue weighted by Crippen LogP contribution is 2.20. The van der Waals surface area contributed by atoms with Gasteiger partial charge in [0.2, 0.25) is 0 Å². The van der Waals surface area contributed by atoms with E-state index in [2.05, 4.69) is 13.8 Å². The predicted octanol–water partition coefficient (Wildman–Crippen LogP) is 7.14. The summed E-state index contributed by atoms with van der Waals surface area (Å²) in [4.78, 5) is 11.4. The minimum Gasteiger partial charge on any atom is -0.465 e. The van der Waals surface area contributed by atoms with Crippen LogP contribution in [0, 0.1) is 5.92 Å². The Kier molecular flexibility index (Phi) is 14.0. The Hall–Kier alpha value is -1.25. The standard InChI is InChI=1S/C23H40O3/c1-3-5-7-9-11-13-15-21(16-14-12-10-8-6-4-2)20-26-23-19-22(24)17-18-25-23/h17-19,21H,3-16,20H2,1-2H3. The molecule has 1 aromatic rings. The largest absolute Gasteiger partial charge is 0.465 e. The molecule has 0 radical (unpaired) electrons. The Labute approximate surface area is 160 Å². The highest BCUT2D eigenvalue weighted by atomic mass is 16.6. The van der Waals surface area contributed by atoms with Gasteiger partial charge in [-0.15, -0.1) is 0 Å². The molecule has 3 heteroatoms. The van der Waals surface area contributed by atoms with Crippen LogP contribution >= 0.6 is 0 Å². The second-order valence-corrected chi connectivity index (χ2v) is 7.58. The van der Waals surface area contributed by atoms with Gasteiger partial charge in [0.15, 0.2) is 5.43 Å². The van der Waals surface area contributed by atoms with Gasteiger partial charge in [-0.25, -0.2) is 0 Å². The number of rotatable bonds is 17. The maximum Gasteiger partial charge on any atom is 0.288 e. The van der Waals surface area contributed by atoms with E-state index >= 15 is 0 Å². The molecule has 0 amide bonds. The summed E-state index contributed by atoms with van der Waals surface area (Å²) in [5.41, 5.74) is -0.0605. The highest BCUT2D eigenvalue weighted by Gasteiger charge is 2.11. The summed E-state index contributed by atoms with van der Waals surface area (Å²) in [6.45, 7) is 5.18. The molecule has 0 aliphatic carbocycles. The fourth-order valence-electron chi connectivity index (χ4n) is 3.38. The van der Waals surface area contributed by atoms with Gasteiger partial charge in [0.1, 0.15) is 0 Å². The molecule has 1 rings (SSSR count). The molecule has 0 saturated heterocycles. The van der Waals surface area contributed by atoms with Crippen molar-refractivity contribution in [3.63, 3.8) is 0 Å². The molecule has 150 valence electrons. The second-order valence-electron chi connectivity index (χ2n) is 7.58. The lowest BCUT2D eigenvalue weighted by molar-refractivity contribution is 0.179. The molecule has 0 aliphatic rings. The summed E-state index contributed by atoms with van der Waals surface area (Å²) in [7, 11) is 0. The zero-order valence-corrected chi connectivity index (χ0v) is 17.1. The van der Waals surface area contributed by atoms with Crippen LogP contribution in [0.25, 0.3) is 0 Å². The summed E-state index contributed by atoms with van der Waals surface area (Å²) in [5.74, 6) is 0.922. The highest BCUT2D eigenvalue weighted by molar-refractivity contribution is 5.04. The molecule has 0 spiro atoms. The summed E-state index contributed by atoms with van der Waals surface area (Å²) in [6.07, 6.45) is 19.8. The quantitative estimate of drug-likeness (QED) is 0.276. The van der Waals surface area contributed by atoms with Gasteiger partial charge in [-0.3, -0.25) is 4.79 Å². The normalized spacial score (nSPS) is 11.2. The van der Waals surface area contributed by atoms with E-state index in [0.717, 1.165) is 0 Å². The van der Waals surface area contributed by atoms with Crippen molar-refractivity contribution < 1.29 is 9.15 Å². The van der Waals surface area contributed by atoms with Crippen molar-refractivity contribution >= 4 is 0 Å². The van der Waals surface area contributed by atoms with E-state index in [0.29, 0.717) is 18.5 Å². The third kappa shape index (κ3) is 12.2. The summed E-state index contributed by atoms with van der Waals surface area (Å²) < 4.78 is 11.0. The van der Waals surface area contributed by atoms with E-state index < -0.39 is 0 Å². The van der Waals surface area contributed by atoms with E-state index in [4.69, 9.17) is 9.15 Å². The van der Waals surface area contributed by atoms with Crippen LogP contribution in [0.2, 0.25) is 0 Å². The first-order chi connectivity index (χ1) is 12.8. The second kappa shape index (κ2) is 16.0. The molecule has 0 N–H and O–H groups in total. The minimum atomic E-state index is -0.0605. The van der Waals surface area contributed by atoms with Gasteiger partial charge in [-0.05, 0) is 18.8 Å². The van der Waals surface area contributed by atoms with Gasteiger partial charge in [-0.2, -0.15) is 0 Å². The fourth-order valence-corrected chi connectivity index (χ4v) is 3.38. The molecule has 26 heavy (non-hydrogen) atoms.